The number of rotatable bonds is 5. The van der Waals surface area contributed by atoms with Crippen molar-refractivity contribution >= 4 is 23.3 Å². The third-order valence-electron chi connectivity index (χ3n) is 4.07. The predicted molar refractivity (Wildman–Crippen MR) is 106 cm³/mol. The van der Waals surface area contributed by atoms with Gasteiger partial charge in [0.2, 0.25) is 5.95 Å². The summed E-state index contributed by atoms with van der Waals surface area (Å²) in [7, 11) is 0. The van der Waals surface area contributed by atoms with Gasteiger partial charge in [-0.25, -0.2) is 4.98 Å². The van der Waals surface area contributed by atoms with Crippen molar-refractivity contribution in [1.82, 2.24) is 15.1 Å². The molecule has 4 aromatic rings. The lowest BCUT2D eigenvalue weighted by Crippen LogP contribution is -2.03. The van der Waals surface area contributed by atoms with Crippen LogP contribution < -0.4 is 10.6 Å². The fourth-order valence-corrected chi connectivity index (χ4v) is 2.71. The molecule has 0 spiro atoms. The molecule has 6 heteroatoms. The average Bonchev–Trinajstić information content (AvgIpc) is 3.09. The summed E-state index contributed by atoms with van der Waals surface area (Å²) in [4.78, 5) is 9.21. The summed E-state index contributed by atoms with van der Waals surface area (Å²) >= 11 is 0. The Kier molecular flexibility index (Phi) is 4.53. The van der Waals surface area contributed by atoms with E-state index in [1.807, 2.05) is 61.5 Å². The van der Waals surface area contributed by atoms with Crippen molar-refractivity contribution in [2.45, 2.75) is 13.8 Å². The number of aryl methyl sites for hydroxylation is 2. The summed E-state index contributed by atoms with van der Waals surface area (Å²) in [5.74, 6) is 2.43. The van der Waals surface area contributed by atoms with Crippen LogP contribution in [0.15, 0.2) is 71.3 Å². The van der Waals surface area contributed by atoms with E-state index in [0.717, 1.165) is 28.3 Å². The Labute approximate surface area is 157 Å². The molecule has 0 unspecified atom stereocenters. The van der Waals surface area contributed by atoms with Crippen LogP contribution in [0.5, 0.6) is 0 Å². The SMILES string of the molecule is Cc1cc(Nc2nc(Nc3ccccc3C)cc(-c3ccccc3)n2)no1. The van der Waals surface area contributed by atoms with Gasteiger partial charge in [-0.3, -0.25) is 0 Å². The number of anilines is 4. The summed E-state index contributed by atoms with van der Waals surface area (Å²) in [6.07, 6.45) is 0. The van der Waals surface area contributed by atoms with Crippen LogP contribution in [0.3, 0.4) is 0 Å². The van der Waals surface area contributed by atoms with Gasteiger partial charge in [0.1, 0.15) is 11.6 Å². The van der Waals surface area contributed by atoms with Gasteiger partial charge in [0, 0.05) is 23.4 Å². The first-order valence-corrected chi connectivity index (χ1v) is 8.65. The molecule has 134 valence electrons. The first-order valence-electron chi connectivity index (χ1n) is 8.65. The Bertz CT molecular complexity index is 1060. The maximum Gasteiger partial charge on any atom is 0.231 e. The zero-order valence-corrected chi connectivity index (χ0v) is 15.1. The van der Waals surface area contributed by atoms with Gasteiger partial charge >= 0.3 is 0 Å². The molecule has 2 aromatic carbocycles. The van der Waals surface area contributed by atoms with Gasteiger partial charge in [-0.1, -0.05) is 53.7 Å². The van der Waals surface area contributed by atoms with Crippen molar-refractivity contribution in [3.63, 3.8) is 0 Å². The first kappa shape index (κ1) is 16.8. The normalized spacial score (nSPS) is 10.6. The van der Waals surface area contributed by atoms with Crippen LogP contribution >= 0.6 is 0 Å². The first-order chi connectivity index (χ1) is 13.2. The lowest BCUT2D eigenvalue weighted by molar-refractivity contribution is 0.400. The largest absolute Gasteiger partial charge is 0.360 e. The van der Waals surface area contributed by atoms with Gasteiger partial charge in [0.15, 0.2) is 5.82 Å². The van der Waals surface area contributed by atoms with Crippen LogP contribution in [0.1, 0.15) is 11.3 Å². The van der Waals surface area contributed by atoms with Crippen LogP contribution in [0.4, 0.5) is 23.3 Å². The summed E-state index contributed by atoms with van der Waals surface area (Å²) in [5.41, 5.74) is 3.95. The highest BCUT2D eigenvalue weighted by Gasteiger charge is 2.10. The maximum absolute atomic E-state index is 5.11. The van der Waals surface area contributed by atoms with Crippen molar-refractivity contribution in [3.8, 4) is 11.3 Å². The van der Waals surface area contributed by atoms with E-state index in [-0.39, 0.29) is 0 Å². The van der Waals surface area contributed by atoms with E-state index in [1.165, 1.54) is 0 Å². The number of aromatic nitrogens is 3. The van der Waals surface area contributed by atoms with E-state index in [4.69, 9.17) is 4.52 Å². The molecule has 0 aliphatic rings. The molecule has 27 heavy (non-hydrogen) atoms. The smallest absolute Gasteiger partial charge is 0.231 e. The number of benzene rings is 2. The topological polar surface area (TPSA) is 75.9 Å². The van der Waals surface area contributed by atoms with Gasteiger partial charge in [-0.15, -0.1) is 0 Å². The van der Waals surface area contributed by atoms with Crippen molar-refractivity contribution in [3.05, 3.63) is 78.1 Å². The van der Waals surface area contributed by atoms with Crippen LogP contribution in [0.2, 0.25) is 0 Å². The van der Waals surface area contributed by atoms with Gasteiger partial charge in [-0.2, -0.15) is 4.98 Å². The molecule has 0 aliphatic heterocycles. The lowest BCUT2D eigenvalue weighted by atomic mass is 10.1. The molecule has 0 saturated carbocycles. The minimum atomic E-state index is 0.445. The molecule has 0 amide bonds. The molecule has 0 radical (unpaired) electrons. The van der Waals surface area contributed by atoms with Crippen LogP contribution in [-0.4, -0.2) is 15.1 Å². The minimum Gasteiger partial charge on any atom is -0.360 e. The van der Waals surface area contributed by atoms with Crippen molar-refractivity contribution in [1.29, 1.82) is 0 Å². The van der Waals surface area contributed by atoms with E-state index < -0.39 is 0 Å². The second-order valence-electron chi connectivity index (χ2n) is 6.22. The van der Waals surface area contributed by atoms with E-state index in [0.29, 0.717) is 17.6 Å². The third-order valence-corrected chi connectivity index (χ3v) is 4.07. The summed E-state index contributed by atoms with van der Waals surface area (Å²) < 4.78 is 5.11. The fourth-order valence-electron chi connectivity index (χ4n) is 2.71. The number of para-hydroxylation sites is 1. The van der Waals surface area contributed by atoms with Crippen molar-refractivity contribution in [2.75, 3.05) is 10.6 Å². The average molecular weight is 357 g/mol. The monoisotopic (exact) mass is 357 g/mol. The minimum absolute atomic E-state index is 0.445. The molecule has 0 aliphatic carbocycles. The fraction of sp³-hybridized carbons (Fsp3) is 0.0952. The second-order valence-corrected chi connectivity index (χ2v) is 6.22. The van der Waals surface area contributed by atoms with E-state index in [2.05, 4.69) is 38.7 Å². The van der Waals surface area contributed by atoms with E-state index in [1.54, 1.807) is 6.07 Å². The molecule has 4 rings (SSSR count). The van der Waals surface area contributed by atoms with Crippen molar-refractivity contribution < 1.29 is 4.52 Å². The highest BCUT2D eigenvalue weighted by atomic mass is 16.5. The number of nitrogens with one attached hydrogen (secondary N) is 2. The van der Waals surface area contributed by atoms with Gasteiger partial charge in [0.05, 0.1) is 5.69 Å². The number of hydrogen-bond acceptors (Lipinski definition) is 6. The number of nitrogens with zero attached hydrogens (tertiary/aromatic N) is 3. The van der Waals surface area contributed by atoms with Crippen LogP contribution in [0, 0.1) is 13.8 Å². The predicted octanol–water partition coefficient (Wildman–Crippen LogP) is 5.24. The molecular formula is C21H19N5O. The molecule has 0 fully saturated rings. The Hall–Kier alpha value is -3.67. The zero-order valence-electron chi connectivity index (χ0n) is 15.1. The molecule has 2 N–H and O–H groups in total. The zero-order chi connectivity index (χ0) is 18.6. The van der Waals surface area contributed by atoms with Gasteiger partial charge in [0.25, 0.3) is 0 Å². The molecule has 0 atom stereocenters. The third kappa shape index (κ3) is 3.95. The quantitative estimate of drug-likeness (QED) is 0.509. The maximum atomic E-state index is 5.11. The highest BCUT2D eigenvalue weighted by molar-refractivity contribution is 5.69. The van der Waals surface area contributed by atoms with Gasteiger partial charge in [-0.05, 0) is 25.5 Å². The van der Waals surface area contributed by atoms with Gasteiger partial charge < -0.3 is 15.2 Å². The molecule has 0 bridgehead atoms. The molecule has 6 nitrogen and oxygen atoms in total. The van der Waals surface area contributed by atoms with Crippen molar-refractivity contribution in [2.24, 2.45) is 0 Å². The second kappa shape index (κ2) is 7.29. The molecule has 2 aromatic heterocycles. The Morgan fingerprint density at radius 3 is 2.30 bits per heavy atom. The molecular weight excluding hydrogens is 338 g/mol. The Morgan fingerprint density at radius 2 is 1.56 bits per heavy atom. The van der Waals surface area contributed by atoms with Crippen LogP contribution in [0.25, 0.3) is 11.3 Å². The summed E-state index contributed by atoms with van der Waals surface area (Å²) in [5, 5.41) is 10.4. The highest BCUT2D eigenvalue weighted by Crippen LogP contribution is 2.26. The van der Waals surface area contributed by atoms with Crippen LogP contribution in [-0.2, 0) is 0 Å². The standard InChI is InChI=1S/C21H19N5O/c1-14-8-6-7-11-17(14)22-19-13-18(16-9-4-3-5-10-16)23-21(24-19)25-20-12-15(2)27-26-20/h3-13H,1-2H3,(H2,22,23,24,25,26). The molecule has 2 heterocycles. The van der Waals surface area contributed by atoms with E-state index >= 15 is 0 Å². The lowest BCUT2D eigenvalue weighted by Gasteiger charge is -2.12. The molecule has 0 saturated heterocycles. The Balaban J connectivity index is 1.73. The Morgan fingerprint density at radius 1 is 0.778 bits per heavy atom. The van der Waals surface area contributed by atoms with E-state index in [9.17, 15) is 0 Å². The number of hydrogen-bond donors (Lipinski definition) is 2. The summed E-state index contributed by atoms with van der Waals surface area (Å²) in [6.45, 7) is 3.89. The summed E-state index contributed by atoms with van der Waals surface area (Å²) in [6, 6.07) is 21.8.